The quantitative estimate of drug-likeness (QED) is 0.256. The second-order valence-corrected chi connectivity index (χ2v) is 10.7. The summed E-state index contributed by atoms with van der Waals surface area (Å²) in [5.74, 6) is 0.427. The van der Waals surface area contributed by atoms with Crippen LogP contribution < -0.4 is 4.57 Å². The molecule has 5 aromatic rings. The van der Waals surface area contributed by atoms with Crippen LogP contribution in [0.5, 0.6) is 0 Å². The number of aromatic nitrogens is 2. The fraction of sp³-hybridized carbons (Fsp3) is 0.250. The third kappa shape index (κ3) is 2.69. The van der Waals surface area contributed by atoms with Crippen LogP contribution in [-0.2, 0) is 11.0 Å². The van der Waals surface area contributed by atoms with Gasteiger partial charge in [-0.3, -0.25) is 0 Å². The second-order valence-electron chi connectivity index (χ2n) is 10.7. The third-order valence-electron chi connectivity index (χ3n) is 8.66. The van der Waals surface area contributed by atoms with E-state index in [0.29, 0.717) is 5.92 Å². The van der Waals surface area contributed by atoms with Gasteiger partial charge in [-0.25, -0.2) is 4.57 Å². The van der Waals surface area contributed by atoms with E-state index >= 15 is 0 Å². The molecule has 168 valence electrons. The molecule has 1 atom stereocenters. The Hall–Kier alpha value is -3.52. The van der Waals surface area contributed by atoms with E-state index in [9.17, 15) is 0 Å². The van der Waals surface area contributed by atoms with Gasteiger partial charge in [0.25, 0.3) is 6.33 Å². The molecule has 1 unspecified atom stereocenters. The Bertz CT molecular complexity index is 1570. The van der Waals surface area contributed by atoms with Gasteiger partial charge in [-0.05, 0) is 51.0 Å². The minimum Gasteiger partial charge on any atom is -0.223 e. The average Bonchev–Trinajstić information content (AvgIpc) is 2.86. The van der Waals surface area contributed by atoms with Gasteiger partial charge in [-0.15, -0.1) is 0 Å². The molecule has 0 amide bonds. The Kier molecular flexibility index (Phi) is 4.48. The predicted octanol–water partition coefficient (Wildman–Crippen LogP) is 7.67. The van der Waals surface area contributed by atoms with Crippen molar-refractivity contribution in [3.05, 3.63) is 96.8 Å². The van der Waals surface area contributed by atoms with Crippen molar-refractivity contribution in [3.63, 3.8) is 0 Å². The van der Waals surface area contributed by atoms with Crippen molar-refractivity contribution in [2.24, 2.45) is 5.92 Å². The maximum absolute atomic E-state index is 5.07. The summed E-state index contributed by atoms with van der Waals surface area (Å²) in [7, 11) is 0. The van der Waals surface area contributed by atoms with E-state index < -0.39 is 0 Å². The molecule has 0 radical (unpaired) electrons. The van der Waals surface area contributed by atoms with Crippen LogP contribution in [0.1, 0.15) is 40.2 Å². The topological polar surface area (TPSA) is 16.8 Å². The summed E-state index contributed by atoms with van der Waals surface area (Å²) >= 11 is 0. The molecule has 2 heterocycles. The second kappa shape index (κ2) is 7.24. The van der Waals surface area contributed by atoms with E-state index in [2.05, 4.69) is 130 Å². The minimum absolute atomic E-state index is 0.0686. The highest BCUT2D eigenvalue weighted by molar-refractivity contribution is 5.99. The van der Waals surface area contributed by atoms with Crippen LogP contribution in [0.15, 0.2) is 91.3 Å². The zero-order valence-electron chi connectivity index (χ0n) is 20.6. The lowest BCUT2D eigenvalue weighted by Crippen LogP contribution is -2.69. The maximum Gasteiger partial charge on any atom is 0.287 e. The molecule has 4 aromatic carbocycles. The number of fused-ring (bicyclic) bond motifs is 6. The summed E-state index contributed by atoms with van der Waals surface area (Å²) in [6.45, 7) is 11.9. The van der Waals surface area contributed by atoms with Crippen LogP contribution in [0.4, 0.5) is 0 Å². The first-order valence-electron chi connectivity index (χ1n) is 12.3. The van der Waals surface area contributed by atoms with Crippen LogP contribution in [0.3, 0.4) is 0 Å². The molecule has 1 aromatic heterocycles. The summed E-state index contributed by atoms with van der Waals surface area (Å²) in [6, 6.07) is 30.8. The highest BCUT2D eigenvalue weighted by atomic mass is 15.1. The van der Waals surface area contributed by atoms with Crippen molar-refractivity contribution in [1.29, 1.82) is 0 Å². The van der Waals surface area contributed by atoms with Crippen LogP contribution in [0.2, 0.25) is 0 Å². The molecule has 0 bridgehead atoms. The Morgan fingerprint density at radius 1 is 0.735 bits per heavy atom. The number of nitrogens with zero attached hydrogens (tertiary/aromatic N) is 2. The standard InChI is InChI=1S/C32H31N2/c1-21(2)32(5)31(3,4)27-18-17-23-12-7-9-15-25(23)30(27)29-19-28(33-20-34(29)32)26-16-10-13-22-11-6-8-14-24(22)26/h6-21H,1-5H3/q+1. The summed E-state index contributed by atoms with van der Waals surface area (Å²) in [5.41, 5.74) is 6.01. The molecule has 0 saturated carbocycles. The molecule has 34 heavy (non-hydrogen) atoms. The lowest BCUT2D eigenvalue weighted by Gasteiger charge is -2.49. The van der Waals surface area contributed by atoms with Gasteiger partial charge in [0.1, 0.15) is 11.2 Å². The largest absolute Gasteiger partial charge is 0.287 e. The van der Waals surface area contributed by atoms with Crippen LogP contribution in [-0.4, -0.2) is 4.98 Å². The smallest absolute Gasteiger partial charge is 0.223 e. The lowest BCUT2D eigenvalue weighted by molar-refractivity contribution is -0.773. The van der Waals surface area contributed by atoms with E-state index in [1.54, 1.807) is 0 Å². The molecule has 2 heteroatoms. The zero-order valence-corrected chi connectivity index (χ0v) is 20.6. The van der Waals surface area contributed by atoms with Crippen LogP contribution in [0, 0.1) is 5.92 Å². The van der Waals surface area contributed by atoms with E-state index in [-0.39, 0.29) is 11.0 Å². The Morgan fingerprint density at radius 2 is 1.38 bits per heavy atom. The molecular weight excluding hydrogens is 412 g/mol. The van der Waals surface area contributed by atoms with Gasteiger partial charge < -0.3 is 0 Å². The van der Waals surface area contributed by atoms with Crippen molar-refractivity contribution in [2.75, 3.05) is 0 Å². The lowest BCUT2D eigenvalue weighted by atomic mass is 9.60. The first kappa shape index (κ1) is 21.0. The van der Waals surface area contributed by atoms with E-state index in [0.717, 1.165) is 5.69 Å². The molecule has 2 nitrogen and oxygen atoms in total. The van der Waals surface area contributed by atoms with Crippen molar-refractivity contribution in [2.45, 2.75) is 45.6 Å². The fourth-order valence-electron chi connectivity index (χ4n) is 6.22. The van der Waals surface area contributed by atoms with Gasteiger partial charge in [0.2, 0.25) is 0 Å². The van der Waals surface area contributed by atoms with Gasteiger partial charge in [0.05, 0.1) is 0 Å². The van der Waals surface area contributed by atoms with Crippen LogP contribution >= 0.6 is 0 Å². The fourth-order valence-corrected chi connectivity index (χ4v) is 6.22. The SMILES string of the molecule is CC(C)C1(C)[n+]2cnc(-c3cccc4ccccc34)cc2-c2c(ccc3ccccc23)C1(C)C. The van der Waals surface area contributed by atoms with Crippen molar-refractivity contribution < 1.29 is 4.57 Å². The summed E-state index contributed by atoms with van der Waals surface area (Å²) in [6.07, 6.45) is 2.10. The normalized spacial score (nSPS) is 18.8. The Morgan fingerprint density at radius 3 is 2.12 bits per heavy atom. The van der Waals surface area contributed by atoms with Gasteiger partial charge >= 0.3 is 0 Å². The van der Waals surface area contributed by atoms with Crippen molar-refractivity contribution in [3.8, 4) is 22.5 Å². The first-order valence-corrected chi connectivity index (χ1v) is 12.3. The number of benzene rings is 4. The minimum atomic E-state index is -0.123. The van der Waals surface area contributed by atoms with E-state index in [4.69, 9.17) is 4.98 Å². The van der Waals surface area contributed by atoms with Crippen molar-refractivity contribution >= 4 is 21.5 Å². The van der Waals surface area contributed by atoms with E-state index in [1.165, 1.54) is 43.9 Å². The third-order valence-corrected chi connectivity index (χ3v) is 8.66. The Balaban J connectivity index is 1.73. The molecule has 6 rings (SSSR count). The van der Waals surface area contributed by atoms with Crippen molar-refractivity contribution in [1.82, 2.24) is 4.98 Å². The molecule has 0 fully saturated rings. The molecule has 0 N–H and O–H groups in total. The summed E-state index contributed by atoms with van der Waals surface area (Å²) in [5, 5.41) is 5.07. The van der Waals surface area contributed by atoms with Crippen LogP contribution in [0.25, 0.3) is 44.1 Å². The predicted molar refractivity (Wildman–Crippen MR) is 142 cm³/mol. The monoisotopic (exact) mass is 443 g/mol. The molecule has 0 aliphatic carbocycles. The molecule has 1 aliphatic rings. The van der Waals surface area contributed by atoms with E-state index in [1.807, 2.05) is 0 Å². The summed E-state index contributed by atoms with van der Waals surface area (Å²) in [4.78, 5) is 5.07. The van der Waals surface area contributed by atoms with Gasteiger partial charge in [-0.2, -0.15) is 0 Å². The summed E-state index contributed by atoms with van der Waals surface area (Å²) < 4.78 is 2.46. The number of hydrogen-bond donors (Lipinski definition) is 0. The zero-order chi connectivity index (χ0) is 23.7. The highest BCUT2D eigenvalue weighted by Crippen LogP contribution is 2.51. The molecular formula is C32H31N2+. The molecule has 0 saturated heterocycles. The maximum atomic E-state index is 5.07. The van der Waals surface area contributed by atoms with Gasteiger partial charge in [-0.1, -0.05) is 100 Å². The highest BCUT2D eigenvalue weighted by Gasteiger charge is 2.55. The number of rotatable bonds is 2. The van der Waals surface area contributed by atoms with Gasteiger partial charge in [0, 0.05) is 22.6 Å². The molecule has 0 spiro atoms. The number of hydrogen-bond acceptors (Lipinski definition) is 1. The van der Waals surface area contributed by atoms with Gasteiger partial charge in [0.15, 0.2) is 5.69 Å². The average molecular weight is 444 g/mol. The molecule has 1 aliphatic heterocycles. The Labute approximate surface area is 201 Å². The first-order chi connectivity index (χ1) is 16.3.